The number of carbonyl (C=O) groups is 1. The number of benzene rings is 1. The van der Waals surface area contributed by atoms with Gasteiger partial charge >= 0.3 is 5.97 Å². The Kier molecular flexibility index (Phi) is 5.97. The van der Waals surface area contributed by atoms with Crippen molar-refractivity contribution in [1.29, 1.82) is 0 Å². The number of carboxylic acids is 1. The molecule has 2 aromatic heterocycles. The standard InChI is InChI=1S/C21H24F2N6O2/c1-2-16(20(30)31)26-21-27-18(24-10-12-7-8-14(22)15(23)9-12)17-19(28-21)29(11-25-17)13-5-3-4-6-13/h7-9,11,13,16H,2-6,10H2,1H3,(H,30,31)(H2,24,26,27,28). The molecule has 2 heterocycles. The van der Waals surface area contributed by atoms with E-state index < -0.39 is 23.6 Å². The molecule has 0 bridgehead atoms. The first-order chi connectivity index (χ1) is 15.0. The van der Waals surface area contributed by atoms with E-state index in [1.165, 1.54) is 6.07 Å². The van der Waals surface area contributed by atoms with Crippen molar-refractivity contribution >= 4 is 28.9 Å². The highest BCUT2D eigenvalue weighted by Gasteiger charge is 2.23. The van der Waals surface area contributed by atoms with Crippen molar-refractivity contribution in [3.05, 3.63) is 41.7 Å². The number of nitrogens with one attached hydrogen (secondary N) is 2. The Balaban J connectivity index is 1.69. The van der Waals surface area contributed by atoms with Crippen LogP contribution in [0.5, 0.6) is 0 Å². The Hall–Kier alpha value is -3.30. The molecule has 10 heteroatoms. The zero-order valence-electron chi connectivity index (χ0n) is 17.1. The summed E-state index contributed by atoms with van der Waals surface area (Å²) in [6, 6.07) is 3.13. The molecular formula is C21H24F2N6O2. The summed E-state index contributed by atoms with van der Waals surface area (Å²) >= 11 is 0. The molecule has 1 aliphatic carbocycles. The molecule has 1 unspecified atom stereocenters. The lowest BCUT2D eigenvalue weighted by Crippen LogP contribution is -2.29. The van der Waals surface area contributed by atoms with Crippen molar-refractivity contribution in [3.8, 4) is 0 Å². The van der Waals surface area contributed by atoms with Gasteiger partial charge in [0.15, 0.2) is 28.6 Å². The van der Waals surface area contributed by atoms with Crippen LogP contribution in [0.4, 0.5) is 20.5 Å². The third-order valence-corrected chi connectivity index (χ3v) is 5.59. The van der Waals surface area contributed by atoms with Crippen LogP contribution in [0.25, 0.3) is 11.2 Å². The van der Waals surface area contributed by atoms with Crippen LogP contribution in [0.15, 0.2) is 24.5 Å². The Bertz CT molecular complexity index is 1100. The number of aliphatic carboxylic acids is 1. The fourth-order valence-corrected chi connectivity index (χ4v) is 3.88. The molecule has 0 amide bonds. The number of halogens is 2. The van der Waals surface area contributed by atoms with Crippen LogP contribution in [-0.2, 0) is 11.3 Å². The van der Waals surface area contributed by atoms with Gasteiger partial charge in [-0.05, 0) is 37.0 Å². The summed E-state index contributed by atoms with van der Waals surface area (Å²) in [6.07, 6.45) is 6.43. The second-order valence-corrected chi connectivity index (χ2v) is 7.70. The van der Waals surface area contributed by atoms with Crippen LogP contribution in [0.2, 0.25) is 0 Å². The molecule has 0 aliphatic heterocycles. The lowest BCUT2D eigenvalue weighted by Gasteiger charge is -2.16. The predicted molar refractivity (Wildman–Crippen MR) is 112 cm³/mol. The Morgan fingerprint density at radius 1 is 1.26 bits per heavy atom. The van der Waals surface area contributed by atoms with Crippen LogP contribution in [-0.4, -0.2) is 36.6 Å². The summed E-state index contributed by atoms with van der Waals surface area (Å²) in [5.74, 6) is -2.25. The largest absolute Gasteiger partial charge is 0.480 e. The third-order valence-electron chi connectivity index (χ3n) is 5.59. The maximum atomic E-state index is 13.5. The second-order valence-electron chi connectivity index (χ2n) is 7.70. The number of fused-ring (bicyclic) bond motifs is 1. The second kappa shape index (κ2) is 8.83. The number of anilines is 2. The first kappa shape index (κ1) is 21.0. The van der Waals surface area contributed by atoms with E-state index in [1.807, 2.05) is 4.57 Å². The van der Waals surface area contributed by atoms with Crippen LogP contribution in [0, 0.1) is 11.6 Å². The van der Waals surface area contributed by atoms with Gasteiger partial charge in [0, 0.05) is 12.6 Å². The van der Waals surface area contributed by atoms with Crippen molar-refractivity contribution in [2.75, 3.05) is 10.6 Å². The molecular weight excluding hydrogens is 406 g/mol. The predicted octanol–water partition coefficient (Wildman–Crippen LogP) is 4.11. The van der Waals surface area contributed by atoms with Crippen LogP contribution >= 0.6 is 0 Å². The number of hydrogen-bond acceptors (Lipinski definition) is 6. The Morgan fingerprint density at radius 2 is 2.03 bits per heavy atom. The summed E-state index contributed by atoms with van der Waals surface area (Å²) in [5, 5.41) is 15.4. The number of carboxylic acid groups (broad SMARTS) is 1. The maximum absolute atomic E-state index is 13.5. The fourth-order valence-electron chi connectivity index (χ4n) is 3.88. The normalized spacial score (nSPS) is 15.3. The molecule has 0 spiro atoms. The molecule has 1 aromatic carbocycles. The van der Waals surface area contributed by atoms with Crippen molar-refractivity contribution in [2.45, 2.75) is 57.7 Å². The van der Waals surface area contributed by atoms with E-state index >= 15 is 0 Å². The van der Waals surface area contributed by atoms with Crippen LogP contribution in [0.1, 0.15) is 50.6 Å². The number of aromatic nitrogens is 4. The van der Waals surface area contributed by atoms with E-state index in [0.717, 1.165) is 37.8 Å². The van der Waals surface area contributed by atoms with Gasteiger partial charge in [-0.1, -0.05) is 25.8 Å². The minimum atomic E-state index is -0.994. The molecule has 1 saturated carbocycles. The molecule has 1 aliphatic rings. The van der Waals surface area contributed by atoms with Crippen molar-refractivity contribution in [3.63, 3.8) is 0 Å². The quantitative estimate of drug-likeness (QED) is 0.494. The SMILES string of the molecule is CCC(Nc1nc(NCc2ccc(F)c(F)c2)c2ncn(C3CCCC3)c2n1)C(=O)O. The highest BCUT2D eigenvalue weighted by molar-refractivity contribution is 5.85. The van der Waals surface area contributed by atoms with Gasteiger partial charge < -0.3 is 20.3 Å². The van der Waals surface area contributed by atoms with E-state index in [1.54, 1.807) is 13.3 Å². The molecule has 31 heavy (non-hydrogen) atoms. The lowest BCUT2D eigenvalue weighted by atomic mass is 10.2. The molecule has 3 N–H and O–H groups in total. The fraction of sp³-hybridized carbons (Fsp3) is 0.429. The van der Waals surface area contributed by atoms with E-state index in [-0.39, 0.29) is 18.5 Å². The molecule has 1 fully saturated rings. The van der Waals surface area contributed by atoms with E-state index in [2.05, 4.69) is 25.6 Å². The van der Waals surface area contributed by atoms with Gasteiger partial charge in [0.25, 0.3) is 0 Å². The van der Waals surface area contributed by atoms with Gasteiger partial charge in [-0.3, -0.25) is 0 Å². The number of imidazole rings is 1. The maximum Gasteiger partial charge on any atom is 0.326 e. The number of hydrogen-bond donors (Lipinski definition) is 3. The van der Waals surface area contributed by atoms with Gasteiger partial charge in [0.1, 0.15) is 6.04 Å². The van der Waals surface area contributed by atoms with Crippen molar-refractivity contribution < 1.29 is 18.7 Å². The molecule has 8 nitrogen and oxygen atoms in total. The van der Waals surface area contributed by atoms with Gasteiger partial charge in [-0.15, -0.1) is 0 Å². The summed E-state index contributed by atoms with van der Waals surface area (Å²) in [6.45, 7) is 1.95. The van der Waals surface area contributed by atoms with E-state index in [0.29, 0.717) is 29.0 Å². The molecule has 164 valence electrons. The summed E-state index contributed by atoms with van der Waals surface area (Å²) in [4.78, 5) is 24.9. The zero-order valence-corrected chi connectivity index (χ0v) is 17.1. The molecule has 1 atom stereocenters. The van der Waals surface area contributed by atoms with Crippen LogP contribution in [0.3, 0.4) is 0 Å². The van der Waals surface area contributed by atoms with Crippen molar-refractivity contribution in [1.82, 2.24) is 19.5 Å². The third kappa shape index (κ3) is 4.42. The number of nitrogens with zero attached hydrogens (tertiary/aromatic N) is 4. The van der Waals surface area contributed by atoms with Gasteiger partial charge in [-0.25, -0.2) is 18.6 Å². The molecule has 4 rings (SSSR count). The minimum absolute atomic E-state index is 0.175. The van der Waals surface area contributed by atoms with E-state index in [4.69, 9.17) is 0 Å². The van der Waals surface area contributed by atoms with E-state index in [9.17, 15) is 18.7 Å². The number of rotatable bonds is 8. The smallest absolute Gasteiger partial charge is 0.326 e. The summed E-state index contributed by atoms with van der Waals surface area (Å²) in [7, 11) is 0. The van der Waals surface area contributed by atoms with Crippen molar-refractivity contribution in [2.24, 2.45) is 0 Å². The Labute approximate surface area is 177 Å². The van der Waals surface area contributed by atoms with Gasteiger partial charge in [0.2, 0.25) is 5.95 Å². The zero-order chi connectivity index (χ0) is 22.0. The highest BCUT2D eigenvalue weighted by atomic mass is 19.2. The van der Waals surface area contributed by atoms with Crippen LogP contribution < -0.4 is 10.6 Å². The van der Waals surface area contributed by atoms with Gasteiger partial charge in [-0.2, -0.15) is 9.97 Å². The summed E-state index contributed by atoms with van der Waals surface area (Å²) in [5.41, 5.74) is 1.69. The minimum Gasteiger partial charge on any atom is -0.480 e. The molecule has 0 radical (unpaired) electrons. The first-order valence-corrected chi connectivity index (χ1v) is 10.4. The lowest BCUT2D eigenvalue weighted by molar-refractivity contribution is -0.138. The average molecular weight is 430 g/mol. The Morgan fingerprint density at radius 3 is 2.71 bits per heavy atom. The molecule has 3 aromatic rings. The van der Waals surface area contributed by atoms with Gasteiger partial charge in [0.05, 0.1) is 6.33 Å². The average Bonchev–Trinajstić information content (AvgIpc) is 3.42. The first-order valence-electron chi connectivity index (χ1n) is 10.4. The summed E-state index contributed by atoms with van der Waals surface area (Å²) < 4.78 is 28.8. The highest BCUT2D eigenvalue weighted by Crippen LogP contribution is 2.33. The monoisotopic (exact) mass is 430 g/mol. The molecule has 0 saturated heterocycles. The topological polar surface area (TPSA) is 105 Å².